The van der Waals surface area contributed by atoms with Crippen molar-refractivity contribution >= 4 is 27.9 Å². The van der Waals surface area contributed by atoms with E-state index in [9.17, 15) is 14.0 Å². The zero-order valence-corrected chi connectivity index (χ0v) is 13.3. The number of hydrogen-bond acceptors (Lipinski definition) is 3. The molecule has 21 heavy (non-hydrogen) atoms. The van der Waals surface area contributed by atoms with Crippen molar-refractivity contribution in [3.05, 3.63) is 45.3 Å². The number of amides is 2. The number of carbonyl (C=O) groups is 2. The molecule has 0 saturated carbocycles. The maximum Gasteiger partial charge on any atom is 0.337 e. The molecule has 0 fully saturated rings. The first-order chi connectivity index (χ1) is 9.86. The van der Waals surface area contributed by atoms with E-state index in [-0.39, 0.29) is 10.5 Å². The molecule has 1 heterocycles. The van der Waals surface area contributed by atoms with Gasteiger partial charge in [0.05, 0.1) is 23.2 Å². The predicted molar refractivity (Wildman–Crippen MR) is 77.9 cm³/mol. The summed E-state index contributed by atoms with van der Waals surface area (Å²) >= 11 is 3.10. The van der Waals surface area contributed by atoms with Gasteiger partial charge in [0, 0.05) is 12.7 Å². The van der Waals surface area contributed by atoms with Gasteiger partial charge in [0.2, 0.25) is 0 Å². The van der Waals surface area contributed by atoms with Crippen LogP contribution in [0.3, 0.4) is 0 Å². The lowest BCUT2D eigenvalue weighted by Crippen LogP contribution is -2.46. The molecule has 1 N–H and O–H groups in total. The van der Waals surface area contributed by atoms with E-state index >= 15 is 0 Å². The van der Waals surface area contributed by atoms with Crippen molar-refractivity contribution < 1.29 is 18.7 Å². The number of rotatable bonds is 2. The number of ether oxygens (including phenoxy) is 1. The molecule has 2 amide bonds. The van der Waals surface area contributed by atoms with Crippen molar-refractivity contribution in [2.45, 2.75) is 13.0 Å². The van der Waals surface area contributed by atoms with Crippen molar-refractivity contribution in [1.29, 1.82) is 0 Å². The van der Waals surface area contributed by atoms with Gasteiger partial charge in [-0.1, -0.05) is 6.07 Å². The Bertz CT molecular complexity index is 645. The van der Waals surface area contributed by atoms with Crippen molar-refractivity contribution in [2.24, 2.45) is 0 Å². The highest BCUT2D eigenvalue weighted by Crippen LogP contribution is 2.32. The molecule has 0 aromatic heterocycles. The Kier molecular flexibility index (Phi) is 4.32. The van der Waals surface area contributed by atoms with Crippen LogP contribution in [0, 0.1) is 5.82 Å². The summed E-state index contributed by atoms with van der Waals surface area (Å²) in [5, 5.41) is 2.71. The number of nitrogens with one attached hydrogen (secondary N) is 1. The summed E-state index contributed by atoms with van der Waals surface area (Å²) in [7, 11) is 2.83. The number of benzene rings is 1. The quantitative estimate of drug-likeness (QED) is 0.828. The van der Waals surface area contributed by atoms with Gasteiger partial charge in [-0.15, -0.1) is 0 Å². The summed E-state index contributed by atoms with van der Waals surface area (Å²) in [6, 6.07) is 3.30. The van der Waals surface area contributed by atoms with E-state index < -0.39 is 17.8 Å². The van der Waals surface area contributed by atoms with E-state index in [4.69, 9.17) is 4.74 Å². The van der Waals surface area contributed by atoms with Gasteiger partial charge in [-0.25, -0.2) is 14.0 Å². The van der Waals surface area contributed by atoms with Crippen molar-refractivity contribution in [2.75, 3.05) is 14.2 Å². The Morgan fingerprint density at radius 1 is 1.48 bits per heavy atom. The first-order valence-corrected chi connectivity index (χ1v) is 6.94. The Balaban J connectivity index is 2.56. The smallest absolute Gasteiger partial charge is 0.337 e. The molecule has 0 saturated heterocycles. The Morgan fingerprint density at radius 2 is 2.14 bits per heavy atom. The highest BCUT2D eigenvalue weighted by Gasteiger charge is 2.34. The van der Waals surface area contributed by atoms with Crippen LogP contribution in [-0.2, 0) is 9.53 Å². The molecule has 1 aliphatic rings. The molecule has 0 bridgehead atoms. The van der Waals surface area contributed by atoms with E-state index in [1.807, 2.05) is 0 Å². The molecule has 5 nitrogen and oxygen atoms in total. The van der Waals surface area contributed by atoms with Crippen molar-refractivity contribution in [1.82, 2.24) is 10.2 Å². The minimum absolute atomic E-state index is 0.259. The van der Waals surface area contributed by atoms with E-state index in [2.05, 4.69) is 21.2 Å². The summed E-state index contributed by atoms with van der Waals surface area (Å²) in [6.07, 6.45) is 0. The average molecular weight is 357 g/mol. The van der Waals surface area contributed by atoms with Crippen molar-refractivity contribution in [3.8, 4) is 0 Å². The summed E-state index contributed by atoms with van der Waals surface area (Å²) < 4.78 is 18.4. The summed E-state index contributed by atoms with van der Waals surface area (Å²) in [5.41, 5.74) is 1.40. The van der Waals surface area contributed by atoms with Crippen LogP contribution >= 0.6 is 15.9 Å². The number of halogens is 2. The molecular weight excluding hydrogens is 343 g/mol. The number of nitrogens with zero attached hydrogens (tertiary/aromatic N) is 1. The second kappa shape index (κ2) is 5.85. The van der Waals surface area contributed by atoms with Gasteiger partial charge in [-0.2, -0.15) is 0 Å². The van der Waals surface area contributed by atoms with Gasteiger partial charge in [-0.05, 0) is 40.5 Å². The zero-order valence-electron chi connectivity index (χ0n) is 11.7. The number of methoxy groups -OCH3 is 1. The number of hydrogen-bond donors (Lipinski definition) is 1. The van der Waals surface area contributed by atoms with E-state index in [1.54, 1.807) is 14.0 Å². The molecule has 0 radical (unpaired) electrons. The lowest BCUT2D eigenvalue weighted by Gasteiger charge is -2.33. The largest absolute Gasteiger partial charge is 0.466 e. The molecule has 2 rings (SSSR count). The fourth-order valence-electron chi connectivity index (χ4n) is 2.15. The van der Waals surface area contributed by atoms with Crippen molar-refractivity contribution in [3.63, 3.8) is 0 Å². The molecule has 0 aliphatic carbocycles. The number of carbonyl (C=O) groups excluding carboxylic acids is 2. The van der Waals surface area contributed by atoms with Gasteiger partial charge < -0.3 is 15.0 Å². The summed E-state index contributed by atoms with van der Waals surface area (Å²) in [6.45, 7) is 1.66. The van der Waals surface area contributed by atoms with Gasteiger partial charge in [0.1, 0.15) is 5.82 Å². The molecule has 1 aromatic rings. The maximum absolute atomic E-state index is 13.4. The van der Waals surface area contributed by atoms with E-state index in [1.165, 1.54) is 30.2 Å². The SMILES string of the molecule is COC(=O)C1=C(C)N(C)C(=O)N[C@@H]1c1ccc(F)c(Br)c1. The average Bonchev–Trinajstić information content (AvgIpc) is 2.46. The standard InChI is InChI=1S/C14H14BrFN2O3/c1-7-11(13(19)21-3)12(17-14(20)18(7)2)8-4-5-10(16)9(15)6-8/h4-6,12H,1-3H3,(H,17,20)/t12-/m1/s1. The Morgan fingerprint density at radius 3 is 2.71 bits per heavy atom. The minimum Gasteiger partial charge on any atom is -0.466 e. The van der Waals surface area contributed by atoms with E-state index in [0.29, 0.717) is 16.8 Å². The minimum atomic E-state index is -0.682. The first kappa shape index (κ1) is 15.5. The van der Waals surface area contributed by atoms with Gasteiger partial charge in [0.25, 0.3) is 0 Å². The van der Waals surface area contributed by atoms with Gasteiger partial charge in [-0.3, -0.25) is 0 Å². The van der Waals surface area contributed by atoms with Crippen LogP contribution in [-0.4, -0.2) is 31.1 Å². The van der Waals surface area contributed by atoms with Crippen LogP contribution in [0.5, 0.6) is 0 Å². The first-order valence-electron chi connectivity index (χ1n) is 6.15. The predicted octanol–water partition coefficient (Wildman–Crippen LogP) is 2.73. The zero-order chi connectivity index (χ0) is 15.7. The molecule has 1 atom stereocenters. The highest BCUT2D eigenvalue weighted by molar-refractivity contribution is 9.10. The Hall–Kier alpha value is -1.89. The molecule has 7 heteroatoms. The summed E-state index contributed by atoms with van der Waals surface area (Å²) in [5.74, 6) is -0.955. The highest BCUT2D eigenvalue weighted by atomic mass is 79.9. The van der Waals surface area contributed by atoms with E-state index in [0.717, 1.165) is 0 Å². The molecule has 1 aliphatic heterocycles. The maximum atomic E-state index is 13.4. The third-order valence-electron chi connectivity index (χ3n) is 3.44. The van der Waals surface area contributed by atoms with Crippen LogP contribution in [0.2, 0.25) is 0 Å². The molecule has 112 valence electrons. The molecule has 0 spiro atoms. The molecule has 0 unspecified atom stereocenters. The normalized spacial score (nSPS) is 18.6. The summed E-state index contributed by atoms with van der Waals surface area (Å²) in [4.78, 5) is 25.3. The second-order valence-electron chi connectivity index (χ2n) is 4.61. The lowest BCUT2D eigenvalue weighted by atomic mass is 9.95. The van der Waals surface area contributed by atoms with Crippen LogP contribution in [0.25, 0.3) is 0 Å². The van der Waals surface area contributed by atoms with Crippen LogP contribution in [0.1, 0.15) is 18.5 Å². The lowest BCUT2D eigenvalue weighted by molar-refractivity contribution is -0.136. The fraction of sp³-hybridized carbons (Fsp3) is 0.286. The fourth-order valence-corrected chi connectivity index (χ4v) is 2.55. The monoisotopic (exact) mass is 356 g/mol. The van der Waals surface area contributed by atoms with Gasteiger partial charge >= 0.3 is 12.0 Å². The number of allylic oxidation sites excluding steroid dienone is 1. The number of urea groups is 1. The number of esters is 1. The molecular formula is C14H14BrFN2O3. The third-order valence-corrected chi connectivity index (χ3v) is 4.04. The second-order valence-corrected chi connectivity index (χ2v) is 5.46. The van der Waals surface area contributed by atoms with Crippen LogP contribution in [0.4, 0.5) is 9.18 Å². The van der Waals surface area contributed by atoms with Crippen LogP contribution in [0.15, 0.2) is 33.9 Å². The third kappa shape index (κ3) is 2.78. The Labute approximate surface area is 129 Å². The van der Waals surface area contributed by atoms with Gasteiger partial charge in [0.15, 0.2) is 0 Å². The van der Waals surface area contributed by atoms with Crippen LogP contribution < -0.4 is 5.32 Å². The molecule has 1 aromatic carbocycles. The topological polar surface area (TPSA) is 58.6 Å².